The fourth-order valence-electron chi connectivity index (χ4n) is 3.99. The number of carbonyl (C=O) groups is 2. The molecule has 0 unspecified atom stereocenters. The summed E-state index contributed by atoms with van der Waals surface area (Å²) in [5.41, 5.74) is 0.592. The first-order chi connectivity index (χ1) is 14.6. The molecule has 1 aromatic carbocycles. The summed E-state index contributed by atoms with van der Waals surface area (Å²) in [6.45, 7) is 0.564. The number of rotatable bonds is 7. The first kappa shape index (κ1) is 20.7. The van der Waals surface area contributed by atoms with Crippen LogP contribution in [0.15, 0.2) is 18.2 Å². The molecule has 4 N–H and O–H groups in total. The highest BCUT2D eigenvalue weighted by molar-refractivity contribution is 5.90. The van der Waals surface area contributed by atoms with Crippen LogP contribution in [-0.2, 0) is 9.53 Å². The van der Waals surface area contributed by atoms with Crippen molar-refractivity contribution in [3.05, 3.63) is 18.2 Å². The summed E-state index contributed by atoms with van der Waals surface area (Å²) < 4.78 is 16.5. The van der Waals surface area contributed by atoms with E-state index in [1.807, 2.05) is 0 Å². The van der Waals surface area contributed by atoms with Crippen LogP contribution < -0.4 is 25.4 Å². The molecule has 2 heterocycles. The van der Waals surface area contributed by atoms with Gasteiger partial charge in [-0.3, -0.25) is 4.79 Å². The van der Waals surface area contributed by atoms with E-state index in [9.17, 15) is 14.7 Å². The predicted octanol–water partition coefficient (Wildman–Crippen LogP) is 1.75. The van der Waals surface area contributed by atoms with Crippen molar-refractivity contribution in [1.29, 1.82) is 0 Å². The van der Waals surface area contributed by atoms with Crippen LogP contribution in [0.4, 0.5) is 10.5 Å². The number of ether oxygens (including phenoxy) is 3. The molecule has 1 saturated heterocycles. The Bertz CT molecular complexity index is 769. The first-order valence-corrected chi connectivity index (χ1v) is 10.6. The second-order valence-electron chi connectivity index (χ2n) is 8.04. The van der Waals surface area contributed by atoms with E-state index in [4.69, 9.17) is 14.2 Å². The van der Waals surface area contributed by atoms with Crippen LogP contribution in [-0.4, -0.2) is 55.2 Å². The van der Waals surface area contributed by atoms with Crippen LogP contribution >= 0.6 is 0 Å². The van der Waals surface area contributed by atoms with Gasteiger partial charge in [0, 0.05) is 24.2 Å². The Labute approximate surface area is 175 Å². The summed E-state index contributed by atoms with van der Waals surface area (Å²) >= 11 is 0. The van der Waals surface area contributed by atoms with Crippen LogP contribution in [0.3, 0.4) is 0 Å². The van der Waals surface area contributed by atoms with E-state index in [2.05, 4.69) is 16.0 Å². The van der Waals surface area contributed by atoms with Crippen LogP contribution in [0.25, 0.3) is 0 Å². The van der Waals surface area contributed by atoms with Crippen LogP contribution in [0.5, 0.6) is 11.5 Å². The van der Waals surface area contributed by atoms with E-state index in [-0.39, 0.29) is 43.4 Å². The van der Waals surface area contributed by atoms with Crippen molar-refractivity contribution in [2.24, 2.45) is 5.92 Å². The van der Waals surface area contributed by atoms with E-state index >= 15 is 0 Å². The van der Waals surface area contributed by atoms with E-state index < -0.39 is 6.10 Å². The van der Waals surface area contributed by atoms with Crippen molar-refractivity contribution >= 4 is 17.6 Å². The number of carbonyl (C=O) groups excluding carboxylic acids is 2. The molecule has 9 heteroatoms. The number of urea groups is 1. The van der Waals surface area contributed by atoms with Crippen molar-refractivity contribution < 1.29 is 28.9 Å². The number of aliphatic hydroxyl groups is 1. The van der Waals surface area contributed by atoms with Crippen LogP contribution in [0.2, 0.25) is 0 Å². The van der Waals surface area contributed by atoms with Gasteiger partial charge in [-0.1, -0.05) is 6.42 Å². The highest BCUT2D eigenvalue weighted by Gasteiger charge is 2.32. The fourth-order valence-corrected chi connectivity index (χ4v) is 3.99. The Morgan fingerprint density at radius 3 is 2.70 bits per heavy atom. The Morgan fingerprint density at radius 1 is 1.10 bits per heavy atom. The molecule has 3 aliphatic rings. The van der Waals surface area contributed by atoms with Gasteiger partial charge in [0.05, 0.1) is 18.8 Å². The molecule has 2 aliphatic heterocycles. The van der Waals surface area contributed by atoms with Gasteiger partial charge in [0.2, 0.25) is 12.7 Å². The molecule has 0 aromatic heterocycles. The number of benzene rings is 1. The number of hydrogen-bond acceptors (Lipinski definition) is 6. The molecule has 9 nitrogen and oxygen atoms in total. The van der Waals surface area contributed by atoms with Gasteiger partial charge in [-0.15, -0.1) is 0 Å². The number of fused-ring (bicyclic) bond motifs is 1. The van der Waals surface area contributed by atoms with Crippen molar-refractivity contribution in [2.75, 3.05) is 25.3 Å². The predicted molar refractivity (Wildman–Crippen MR) is 108 cm³/mol. The smallest absolute Gasteiger partial charge is 0.319 e. The lowest BCUT2D eigenvalue weighted by atomic mass is 9.85. The summed E-state index contributed by atoms with van der Waals surface area (Å²) in [6, 6.07) is 4.53. The maximum absolute atomic E-state index is 12.4. The summed E-state index contributed by atoms with van der Waals surface area (Å²) in [4.78, 5) is 24.3. The number of anilines is 1. The Morgan fingerprint density at radius 2 is 1.93 bits per heavy atom. The van der Waals surface area contributed by atoms with Crippen LogP contribution in [0.1, 0.15) is 38.5 Å². The highest BCUT2D eigenvalue weighted by Crippen LogP contribution is 2.34. The SMILES string of the molecule is O=C(Nc1ccc2c(c1)OCO2)N[C@@H]1CC[C@H](CCNC(=O)C2CCC2)O[C@@H]1CO. The number of hydrogen-bond donors (Lipinski definition) is 4. The summed E-state index contributed by atoms with van der Waals surface area (Å²) in [5, 5.41) is 18.3. The van der Waals surface area contributed by atoms with Crippen molar-refractivity contribution in [3.8, 4) is 11.5 Å². The fraction of sp³-hybridized carbons (Fsp3) is 0.619. The zero-order valence-corrected chi connectivity index (χ0v) is 16.9. The van der Waals surface area contributed by atoms with E-state index in [0.717, 1.165) is 25.7 Å². The summed E-state index contributed by atoms with van der Waals surface area (Å²) in [6.07, 6.45) is 4.74. The van der Waals surface area contributed by atoms with Crippen molar-refractivity contribution in [3.63, 3.8) is 0 Å². The molecule has 2 fully saturated rings. The molecule has 4 rings (SSSR count). The Hall–Kier alpha value is -2.52. The molecule has 0 radical (unpaired) electrons. The standard InChI is InChI=1S/C21H29N3O6/c25-11-19-16(6-5-15(30-19)8-9-22-20(26)13-2-1-3-13)24-21(27)23-14-4-7-17-18(10-14)29-12-28-17/h4,7,10,13,15-16,19,25H,1-3,5-6,8-9,11-12H2,(H,22,26)(H2,23,24,27)/t15-,16-,19-/m1/s1. The third-order valence-electron chi connectivity index (χ3n) is 5.98. The van der Waals surface area contributed by atoms with Crippen molar-refractivity contribution in [2.45, 2.75) is 56.8 Å². The molecule has 1 saturated carbocycles. The summed E-state index contributed by atoms with van der Waals surface area (Å²) in [5.74, 6) is 1.56. The van der Waals surface area contributed by atoms with Crippen LogP contribution in [0, 0.1) is 5.92 Å². The first-order valence-electron chi connectivity index (χ1n) is 10.6. The number of amides is 3. The quantitative estimate of drug-likeness (QED) is 0.535. The van der Waals surface area contributed by atoms with Gasteiger partial charge >= 0.3 is 6.03 Å². The van der Waals surface area contributed by atoms with Gasteiger partial charge in [-0.2, -0.15) is 0 Å². The maximum Gasteiger partial charge on any atom is 0.319 e. The van der Waals surface area contributed by atoms with Gasteiger partial charge in [-0.25, -0.2) is 4.79 Å². The third-order valence-corrected chi connectivity index (χ3v) is 5.98. The monoisotopic (exact) mass is 419 g/mol. The second kappa shape index (κ2) is 9.53. The zero-order valence-electron chi connectivity index (χ0n) is 16.9. The molecule has 1 aromatic rings. The lowest BCUT2D eigenvalue weighted by Gasteiger charge is -2.36. The summed E-state index contributed by atoms with van der Waals surface area (Å²) in [7, 11) is 0. The normalized spacial score (nSPS) is 25.3. The van der Waals surface area contributed by atoms with Gasteiger partial charge in [0.25, 0.3) is 0 Å². The molecular weight excluding hydrogens is 390 g/mol. The minimum atomic E-state index is -0.478. The minimum Gasteiger partial charge on any atom is -0.454 e. The lowest BCUT2D eigenvalue weighted by molar-refractivity contribution is -0.127. The van der Waals surface area contributed by atoms with Gasteiger partial charge in [-0.05, 0) is 44.2 Å². The second-order valence-corrected chi connectivity index (χ2v) is 8.04. The largest absolute Gasteiger partial charge is 0.454 e. The molecular formula is C21H29N3O6. The average Bonchev–Trinajstić information content (AvgIpc) is 3.15. The maximum atomic E-state index is 12.4. The third kappa shape index (κ3) is 4.96. The molecule has 0 spiro atoms. The van der Waals surface area contributed by atoms with E-state index in [1.54, 1.807) is 18.2 Å². The molecule has 30 heavy (non-hydrogen) atoms. The number of aliphatic hydroxyl groups excluding tert-OH is 1. The van der Waals surface area contributed by atoms with Gasteiger partial charge < -0.3 is 35.3 Å². The van der Waals surface area contributed by atoms with E-state index in [1.165, 1.54) is 0 Å². The van der Waals surface area contributed by atoms with Crippen molar-refractivity contribution in [1.82, 2.24) is 10.6 Å². The average molecular weight is 419 g/mol. The zero-order chi connectivity index (χ0) is 20.9. The lowest BCUT2D eigenvalue weighted by Crippen LogP contribution is -2.52. The topological polar surface area (TPSA) is 118 Å². The van der Waals surface area contributed by atoms with Gasteiger partial charge in [0.15, 0.2) is 11.5 Å². The Balaban J connectivity index is 1.21. The molecule has 164 valence electrons. The van der Waals surface area contributed by atoms with Gasteiger partial charge in [0.1, 0.15) is 6.10 Å². The number of nitrogens with one attached hydrogen (secondary N) is 3. The highest BCUT2D eigenvalue weighted by atomic mass is 16.7. The van der Waals surface area contributed by atoms with E-state index in [0.29, 0.717) is 36.6 Å². The minimum absolute atomic E-state index is 0.0428. The molecule has 3 amide bonds. The molecule has 0 bridgehead atoms. The molecule has 1 aliphatic carbocycles. The Kier molecular flexibility index (Phi) is 6.59. The molecule has 3 atom stereocenters.